The van der Waals surface area contributed by atoms with E-state index in [9.17, 15) is 0 Å². The first-order valence-electron chi connectivity index (χ1n) is 12.5. The number of nitrogens with zero attached hydrogens (tertiary/aromatic N) is 2. The smallest absolute Gasteiger partial charge is 0.200 e. The fourth-order valence-electron chi connectivity index (χ4n) is 5.73. The number of thioether (sulfide) groups is 1. The van der Waals surface area contributed by atoms with Crippen LogP contribution in [0.2, 0.25) is 0 Å². The van der Waals surface area contributed by atoms with Gasteiger partial charge in [-0.15, -0.1) is 0 Å². The van der Waals surface area contributed by atoms with E-state index in [2.05, 4.69) is 117 Å². The Hall–Kier alpha value is -3.11. The Bertz CT molecular complexity index is 1400. The molecule has 35 heavy (non-hydrogen) atoms. The summed E-state index contributed by atoms with van der Waals surface area (Å²) in [6, 6.07) is 21.5. The summed E-state index contributed by atoms with van der Waals surface area (Å²) in [4.78, 5) is 6.09. The number of fused-ring (bicyclic) bond motifs is 4. The maximum atomic E-state index is 6.36. The van der Waals surface area contributed by atoms with Crippen LogP contribution in [0.15, 0.2) is 101 Å². The van der Waals surface area contributed by atoms with Gasteiger partial charge in [-0.1, -0.05) is 74.1 Å². The van der Waals surface area contributed by atoms with Crippen molar-refractivity contribution in [1.29, 1.82) is 0 Å². The van der Waals surface area contributed by atoms with E-state index in [1.165, 1.54) is 32.5 Å². The van der Waals surface area contributed by atoms with Crippen LogP contribution in [0.5, 0.6) is 5.75 Å². The minimum absolute atomic E-state index is 0.205. The van der Waals surface area contributed by atoms with Gasteiger partial charge >= 0.3 is 0 Å². The number of ether oxygens (including phenoxy) is 1. The maximum absolute atomic E-state index is 6.36. The molecule has 0 N–H and O–H groups in total. The fraction of sp³-hybridized carbons (Fsp3) is 0.290. The second-order valence-corrected chi connectivity index (χ2v) is 11.7. The molecule has 0 bridgehead atoms. The van der Waals surface area contributed by atoms with Crippen LogP contribution in [0.3, 0.4) is 0 Å². The fourth-order valence-corrected chi connectivity index (χ4v) is 7.09. The highest BCUT2D eigenvalue weighted by molar-refractivity contribution is 8.00. The number of allylic oxidation sites excluding steroid dienone is 4. The van der Waals surface area contributed by atoms with Crippen molar-refractivity contribution in [3.05, 3.63) is 95.9 Å². The zero-order chi connectivity index (χ0) is 24.2. The van der Waals surface area contributed by atoms with Crippen molar-refractivity contribution >= 4 is 33.9 Å². The topological polar surface area (TPSA) is 15.7 Å². The van der Waals surface area contributed by atoms with Gasteiger partial charge in [0.05, 0.1) is 16.7 Å². The van der Waals surface area contributed by atoms with Gasteiger partial charge in [0.1, 0.15) is 0 Å². The second kappa shape index (κ2) is 8.53. The van der Waals surface area contributed by atoms with Crippen LogP contribution < -0.4 is 14.5 Å². The quantitative estimate of drug-likeness (QED) is 0.376. The van der Waals surface area contributed by atoms with Crippen LogP contribution in [0.25, 0.3) is 10.8 Å². The third kappa shape index (κ3) is 4.04. The third-order valence-electron chi connectivity index (χ3n) is 7.22. The molecule has 2 heterocycles. The number of para-hydroxylation sites is 1. The molecular weight excluding hydrogens is 448 g/mol. The molecule has 1 unspecified atom stereocenters. The van der Waals surface area contributed by atoms with Crippen molar-refractivity contribution in [1.82, 2.24) is 0 Å². The Morgan fingerprint density at radius 2 is 1.83 bits per heavy atom. The average molecular weight is 481 g/mol. The molecule has 178 valence electrons. The lowest BCUT2D eigenvalue weighted by atomic mass is 9.75. The summed E-state index contributed by atoms with van der Waals surface area (Å²) in [6.45, 7) is 8.01. The number of hydrogen-bond donors (Lipinski definition) is 0. The average Bonchev–Trinajstić information content (AvgIpc) is 3.34. The lowest BCUT2D eigenvalue weighted by Crippen LogP contribution is -2.28. The molecule has 0 radical (unpaired) electrons. The van der Waals surface area contributed by atoms with E-state index < -0.39 is 0 Å². The Morgan fingerprint density at radius 1 is 1.03 bits per heavy atom. The molecule has 2 aliphatic heterocycles. The van der Waals surface area contributed by atoms with Gasteiger partial charge in [-0.25, -0.2) is 0 Å². The highest BCUT2D eigenvalue weighted by Crippen LogP contribution is 2.47. The molecule has 0 fully saturated rings. The van der Waals surface area contributed by atoms with Gasteiger partial charge in [-0.2, -0.15) is 0 Å². The summed E-state index contributed by atoms with van der Waals surface area (Å²) in [5.41, 5.74) is 5.46. The van der Waals surface area contributed by atoms with E-state index in [4.69, 9.17) is 4.74 Å². The number of rotatable bonds is 3. The number of benzene rings is 3. The van der Waals surface area contributed by atoms with Crippen molar-refractivity contribution < 1.29 is 4.74 Å². The van der Waals surface area contributed by atoms with Crippen molar-refractivity contribution in [2.75, 3.05) is 23.4 Å². The minimum atomic E-state index is 0.205. The largest absolute Gasteiger partial charge is 0.439 e. The number of anilines is 2. The Balaban J connectivity index is 1.33. The van der Waals surface area contributed by atoms with Gasteiger partial charge in [0, 0.05) is 30.0 Å². The van der Waals surface area contributed by atoms with Crippen LogP contribution in [-0.4, -0.2) is 19.0 Å². The first-order chi connectivity index (χ1) is 16.9. The van der Waals surface area contributed by atoms with E-state index in [1.54, 1.807) is 0 Å². The van der Waals surface area contributed by atoms with Crippen LogP contribution in [-0.2, 0) is 0 Å². The van der Waals surface area contributed by atoms with Gasteiger partial charge in [0.15, 0.2) is 5.75 Å². The summed E-state index contributed by atoms with van der Waals surface area (Å²) in [5.74, 6) is 1.83. The molecule has 0 spiro atoms. The number of hydrogen-bond acceptors (Lipinski definition) is 4. The highest BCUT2D eigenvalue weighted by atomic mass is 32.2. The Morgan fingerprint density at radius 3 is 2.69 bits per heavy atom. The predicted molar refractivity (Wildman–Crippen MR) is 149 cm³/mol. The van der Waals surface area contributed by atoms with Gasteiger partial charge in [-0.3, -0.25) is 0 Å². The van der Waals surface area contributed by atoms with E-state index in [0.717, 1.165) is 36.7 Å². The zero-order valence-electron chi connectivity index (χ0n) is 20.9. The van der Waals surface area contributed by atoms with Crippen LogP contribution in [0.4, 0.5) is 11.4 Å². The first kappa shape index (κ1) is 22.4. The van der Waals surface area contributed by atoms with Gasteiger partial charge < -0.3 is 14.5 Å². The molecular formula is C31H32N2OS. The van der Waals surface area contributed by atoms with Crippen molar-refractivity contribution in [2.24, 2.45) is 5.41 Å². The van der Waals surface area contributed by atoms with Gasteiger partial charge in [-0.05, 0) is 66.0 Å². The lowest BCUT2D eigenvalue weighted by molar-refractivity contribution is 0.353. The molecule has 6 rings (SSSR count). The predicted octanol–water partition coefficient (Wildman–Crippen LogP) is 8.14. The standard InChI is InChI=1S/C31H32N2OS/c1-5-33-25-12-8-9-13-27(25)35-29(33)18-22-16-21(19-31(2,3)20-22)17-28-32(4)30-24-11-7-6-10-23(24)14-15-26(30)34-28/h6-18,29H,5,19-20H2,1-4H3. The Kier molecular flexibility index (Phi) is 5.45. The minimum Gasteiger partial charge on any atom is -0.439 e. The molecule has 3 aliphatic rings. The lowest BCUT2D eigenvalue weighted by Gasteiger charge is -2.32. The van der Waals surface area contributed by atoms with Crippen molar-refractivity contribution in [3.8, 4) is 5.75 Å². The molecule has 1 atom stereocenters. The first-order valence-corrected chi connectivity index (χ1v) is 13.4. The molecule has 1 aliphatic carbocycles. The molecule has 3 aromatic rings. The molecule has 0 saturated heterocycles. The third-order valence-corrected chi connectivity index (χ3v) is 8.45. The van der Waals surface area contributed by atoms with Crippen LogP contribution in [0, 0.1) is 5.41 Å². The normalized spacial score (nSPS) is 23.0. The van der Waals surface area contributed by atoms with Crippen molar-refractivity contribution in [3.63, 3.8) is 0 Å². The second-order valence-electron chi connectivity index (χ2n) is 10.5. The number of likely N-dealkylation sites (N-methyl/N-ethyl adjacent to an activating group) is 1. The zero-order valence-corrected chi connectivity index (χ0v) is 21.7. The van der Waals surface area contributed by atoms with Crippen molar-refractivity contribution in [2.45, 2.75) is 43.9 Å². The monoisotopic (exact) mass is 480 g/mol. The summed E-state index contributed by atoms with van der Waals surface area (Å²) in [6.07, 6.45) is 9.25. The van der Waals surface area contributed by atoms with Crippen LogP contribution >= 0.6 is 11.8 Å². The SMILES string of the molecule is CCN1c2ccccc2SC1C=C1C=C(C=C2Oc3ccc4ccccc4c3N2C)CC(C)(C)C1. The highest BCUT2D eigenvalue weighted by Gasteiger charge is 2.31. The summed E-state index contributed by atoms with van der Waals surface area (Å²) >= 11 is 1.96. The summed E-state index contributed by atoms with van der Waals surface area (Å²) < 4.78 is 6.36. The molecule has 4 heteroatoms. The van der Waals surface area contributed by atoms with Gasteiger partial charge in [0.2, 0.25) is 5.88 Å². The molecule has 0 amide bonds. The summed E-state index contributed by atoms with van der Waals surface area (Å²) in [5, 5.41) is 2.81. The molecule has 3 aromatic carbocycles. The summed E-state index contributed by atoms with van der Waals surface area (Å²) in [7, 11) is 2.11. The molecule has 0 aromatic heterocycles. The van der Waals surface area contributed by atoms with E-state index in [-0.39, 0.29) is 5.41 Å². The molecule has 0 saturated carbocycles. The van der Waals surface area contributed by atoms with Gasteiger partial charge in [0.25, 0.3) is 0 Å². The Labute approximate surface area is 212 Å². The van der Waals surface area contributed by atoms with E-state index >= 15 is 0 Å². The maximum Gasteiger partial charge on any atom is 0.200 e. The molecule has 3 nitrogen and oxygen atoms in total. The van der Waals surface area contributed by atoms with Crippen LogP contribution in [0.1, 0.15) is 33.6 Å². The van der Waals surface area contributed by atoms with E-state index in [1.807, 2.05) is 11.8 Å². The van der Waals surface area contributed by atoms with E-state index in [0.29, 0.717) is 5.37 Å².